The van der Waals surface area contributed by atoms with Crippen molar-refractivity contribution in [2.24, 2.45) is 41.4 Å². The number of ether oxygens (including phenoxy) is 5. The minimum Gasteiger partial charge on any atom is -0.550 e. The second-order valence-electron chi connectivity index (χ2n) is 17.9. The number of carbonyl (C=O) groups excluding carboxylic acids is 2. The van der Waals surface area contributed by atoms with E-state index in [0.29, 0.717) is 57.8 Å². The SMILES string of the molecule is CC[C@@H](C(=O)[C@@H](C)[C@@H](O)[C@H](C)[C@@H]1O[C@@H]([C@@H](CC)C(=O)[O-])CC[C@@H]1C)[C@H]1O[C@]2(C=C[C@@H](O)[C@]3(CC[C@@](C)([C@H]4CC[C@](O)(CC)[C@H](C)O4)O3)O2)[C@H](C)C[C@@H]1C.[Na+]. The molecule has 18 atom stereocenters. The number of hydrogen-bond acceptors (Lipinski definition) is 11. The molecule has 12 heteroatoms. The summed E-state index contributed by atoms with van der Waals surface area (Å²) in [7, 11) is 0. The molecule has 5 aliphatic rings. The number of carboxylic acids is 1. The molecule has 2 spiro atoms. The summed E-state index contributed by atoms with van der Waals surface area (Å²) >= 11 is 0. The van der Waals surface area contributed by atoms with Crippen molar-refractivity contribution in [2.45, 2.75) is 199 Å². The van der Waals surface area contributed by atoms with E-state index in [1.807, 2.05) is 41.5 Å². The summed E-state index contributed by atoms with van der Waals surface area (Å²) in [5.74, 6) is -6.24. The second kappa shape index (κ2) is 17.8. The van der Waals surface area contributed by atoms with Gasteiger partial charge in [0.15, 0.2) is 5.79 Å². The monoisotopic (exact) mass is 772 g/mol. The van der Waals surface area contributed by atoms with Crippen LogP contribution in [0.2, 0.25) is 0 Å². The minimum absolute atomic E-state index is 0. The normalized spacial score (nSPS) is 45.3. The summed E-state index contributed by atoms with van der Waals surface area (Å²) in [4.78, 5) is 26.2. The van der Waals surface area contributed by atoms with Crippen LogP contribution in [-0.4, -0.2) is 92.6 Å². The third kappa shape index (κ3) is 8.63. The average Bonchev–Trinajstić information content (AvgIpc) is 3.47. The number of hydrogen-bond donors (Lipinski definition) is 3. The van der Waals surface area contributed by atoms with Crippen LogP contribution in [0.1, 0.15) is 133 Å². The smallest absolute Gasteiger partial charge is 0.550 e. The van der Waals surface area contributed by atoms with Crippen molar-refractivity contribution < 1.29 is 83.3 Å². The van der Waals surface area contributed by atoms with Crippen molar-refractivity contribution in [3.63, 3.8) is 0 Å². The van der Waals surface area contributed by atoms with Crippen LogP contribution in [-0.2, 0) is 33.3 Å². The summed E-state index contributed by atoms with van der Waals surface area (Å²) in [5.41, 5.74) is -1.64. The minimum atomic E-state index is -1.37. The Morgan fingerprint density at radius 1 is 0.907 bits per heavy atom. The fraction of sp³-hybridized carbons (Fsp3) is 0.905. The van der Waals surface area contributed by atoms with Gasteiger partial charge >= 0.3 is 29.6 Å². The number of Topliss-reactive ketones (excluding diaryl/α,β-unsaturated/α-hetero) is 1. The first kappa shape index (κ1) is 46.3. The number of carbonyl (C=O) groups is 2. The Balaban J connectivity index is 0.00000650. The van der Waals surface area contributed by atoms with Gasteiger partial charge in [-0.2, -0.15) is 0 Å². The van der Waals surface area contributed by atoms with Gasteiger partial charge in [-0.3, -0.25) is 4.79 Å². The van der Waals surface area contributed by atoms with Gasteiger partial charge in [-0.1, -0.05) is 55.4 Å². The second-order valence-corrected chi connectivity index (χ2v) is 17.9. The molecule has 0 aliphatic carbocycles. The molecular formula is C42H69NaO11. The first-order valence-electron chi connectivity index (χ1n) is 20.7. The van der Waals surface area contributed by atoms with E-state index in [0.717, 1.165) is 6.42 Å². The summed E-state index contributed by atoms with van der Waals surface area (Å²) < 4.78 is 33.4. The van der Waals surface area contributed by atoms with Crippen LogP contribution in [0, 0.1) is 41.4 Å². The van der Waals surface area contributed by atoms with Gasteiger partial charge in [-0.05, 0) is 95.6 Å². The molecule has 0 amide bonds. The van der Waals surface area contributed by atoms with E-state index in [1.54, 1.807) is 19.1 Å². The van der Waals surface area contributed by atoms with E-state index in [2.05, 4.69) is 20.8 Å². The molecular weight excluding hydrogens is 703 g/mol. The van der Waals surface area contributed by atoms with Crippen molar-refractivity contribution in [2.75, 3.05) is 0 Å². The fourth-order valence-corrected chi connectivity index (χ4v) is 10.5. The number of carboxylic acid groups (broad SMARTS) is 1. The van der Waals surface area contributed by atoms with Crippen LogP contribution in [0.25, 0.3) is 0 Å². The van der Waals surface area contributed by atoms with E-state index in [4.69, 9.17) is 23.7 Å². The van der Waals surface area contributed by atoms with Crippen molar-refractivity contribution in [3.05, 3.63) is 12.2 Å². The molecule has 0 saturated carbocycles. The van der Waals surface area contributed by atoms with Crippen molar-refractivity contribution in [1.29, 1.82) is 0 Å². The maximum absolute atomic E-state index is 14.4. The third-order valence-corrected chi connectivity index (χ3v) is 14.4. The number of aliphatic hydroxyl groups is 3. The Kier molecular flexibility index (Phi) is 15.3. The zero-order valence-electron chi connectivity index (χ0n) is 34.9. The third-order valence-electron chi connectivity index (χ3n) is 14.4. The number of aliphatic hydroxyl groups excluding tert-OH is 2. The molecule has 0 bridgehead atoms. The van der Waals surface area contributed by atoms with Gasteiger partial charge < -0.3 is 48.9 Å². The van der Waals surface area contributed by atoms with Gasteiger partial charge in [0.1, 0.15) is 11.9 Å². The van der Waals surface area contributed by atoms with Crippen molar-refractivity contribution >= 4 is 11.8 Å². The Labute approximate surface area is 345 Å². The summed E-state index contributed by atoms with van der Waals surface area (Å²) in [6.07, 6.45) is 5.22. The van der Waals surface area contributed by atoms with Gasteiger partial charge in [0.2, 0.25) is 5.79 Å². The van der Waals surface area contributed by atoms with Gasteiger partial charge in [-0.15, -0.1) is 0 Å². The zero-order valence-corrected chi connectivity index (χ0v) is 36.9. The standard InChI is InChI=1S/C42H70O11.Na/c1-11-29(38(46)47)31-15-14-23(4)36(50-31)27(8)34(44)26(7)35(45)30(12-2)37-24(5)22-25(6)41(51-37)19-16-32(43)42(53-41)21-20-39(10,52-42)33-17-18-40(48,13-3)28(9)49-33;/h16,19,23-34,36-37,43-44,48H,11-15,17-18,20-22H2,1-10H3,(H,46,47);/q;+1/p-1/t23-,24-,25+,26-,27-,28-,29+,30-,31+,32+,33+,34+,36+,37-,39-,40+,41-,42-;/m0./s1. The average molecular weight is 773 g/mol. The topological polar surface area (TPSA) is 164 Å². The maximum atomic E-state index is 14.4. The number of rotatable bonds is 12. The van der Waals surface area contributed by atoms with E-state index in [1.165, 1.54) is 0 Å². The Morgan fingerprint density at radius 3 is 2.17 bits per heavy atom. The van der Waals surface area contributed by atoms with Gasteiger partial charge in [0.05, 0.1) is 47.8 Å². The molecule has 11 nitrogen and oxygen atoms in total. The molecule has 5 rings (SSSR count). The van der Waals surface area contributed by atoms with E-state index >= 15 is 0 Å². The molecule has 4 fully saturated rings. The molecule has 0 aromatic rings. The molecule has 3 N–H and O–H groups in total. The Morgan fingerprint density at radius 2 is 1.57 bits per heavy atom. The van der Waals surface area contributed by atoms with Gasteiger partial charge in [0.25, 0.3) is 0 Å². The van der Waals surface area contributed by atoms with Crippen LogP contribution in [0.15, 0.2) is 12.2 Å². The van der Waals surface area contributed by atoms with Gasteiger partial charge in [-0.25, -0.2) is 0 Å². The molecule has 0 unspecified atom stereocenters. The van der Waals surface area contributed by atoms with Crippen molar-refractivity contribution in [3.8, 4) is 0 Å². The van der Waals surface area contributed by atoms with Crippen LogP contribution in [0.3, 0.4) is 0 Å². The molecule has 0 aromatic carbocycles. The molecule has 5 heterocycles. The maximum Gasteiger partial charge on any atom is 1.00 e. The van der Waals surface area contributed by atoms with Crippen LogP contribution in [0.5, 0.6) is 0 Å². The number of aliphatic carboxylic acids is 1. The Bertz CT molecular complexity index is 1330. The predicted octanol–water partition coefficient (Wildman–Crippen LogP) is 1.86. The van der Waals surface area contributed by atoms with Crippen LogP contribution >= 0.6 is 0 Å². The van der Waals surface area contributed by atoms with E-state index < -0.39 is 82.9 Å². The molecule has 4 saturated heterocycles. The quantitative estimate of drug-likeness (QED) is 0.196. The van der Waals surface area contributed by atoms with Crippen LogP contribution < -0.4 is 34.7 Å². The predicted molar refractivity (Wildman–Crippen MR) is 196 cm³/mol. The first-order valence-corrected chi connectivity index (χ1v) is 20.7. The van der Waals surface area contributed by atoms with Crippen molar-refractivity contribution in [1.82, 2.24) is 0 Å². The summed E-state index contributed by atoms with van der Waals surface area (Å²) in [6, 6.07) is 0. The molecule has 54 heavy (non-hydrogen) atoms. The first-order chi connectivity index (χ1) is 24.8. The molecule has 0 radical (unpaired) electrons. The fourth-order valence-electron chi connectivity index (χ4n) is 10.5. The largest absolute Gasteiger partial charge is 1.00 e. The van der Waals surface area contributed by atoms with Gasteiger partial charge in [0, 0.05) is 42.0 Å². The summed E-state index contributed by atoms with van der Waals surface area (Å²) in [5, 5.41) is 46.0. The zero-order chi connectivity index (χ0) is 39.3. The van der Waals surface area contributed by atoms with E-state index in [9.17, 15) is 30.0 Å². The van der Waals surface area contributed by atoms with E-state index in [-0.39, 0.29) is 65.3 Å². The molecule has 5 aliphatic heterocycles. The molecule has 0 aromatic heterocycles. The number of ketones is 1. The Hall–Kier alpha value is -0.440. The molecule has 304 valence electrons. The van der Waals surface area contributed by atoms with Crippen LogP contribution in [0.4, 0.5) is 0 Å². The summed E-state index contributed by atoms with van der Waals surface area (Å²) in [6.45, 7) is 19.5.